The van der Waals surface area contributed by atoms with Crippen molar-refractivity contribution in [3.05, 3.63) is 58.9 Å². The maximum atomic E-state index is 11.6. The Labute approximate surface area is 127 Å². The molecule has 21 heavy (non-hydrogen) atoms. The highest BCUT2D eigenvalue weighted by atomic mass is 35.5. The van der Waals surface area contributed by atoms with Crippen LogP contribution in [0.15, 0.2) is 47.8 Å². The van der Waals surface area contributed by atoms with E-state index in [1.165, 1.54) is 6.21 Å². The number of nitrogens with one attached hydrogen (secondary N) is 1. The van der Waals surface area contributed by atoms with Crippen LogP contribution in [0.3, 0.4) is 0 Å². The fourth-order valence-corrected chi connectivity index (χ4v) is 1.81. The molecule has 1 amide bonds. The molecule has 0 bridgehead atoms. The van der Waals surface area contributed by atoms with Gasteiger partial charge in [0.05, 0.1) is 6.21 Å². The second-order valence-electron chi connectivity index (χ2n) is 4.28. The molecule has 0 saturated carbocycles. The van der Waals surface area contributed by atoms with Crippen LogP contribution in [0.2, 0.25) is 5.02 Å². The quantitative estimate of drug-likeness (QED) is 0.682. The lowest BCUT2D eigenvalue weighted by Crippen LogP contribution is -2.24. The zero-order valence-corrected chi connectivity index (χ0v) is 12.2. The number of amides is 1. The van der Waals surface area contributed by atoms with Crippen LogP contribution in [0.25, 0.3) is 0 Å². The molecule has 1 aromatic heterocycles. The summed E-state index contributed by atoms with van der Waals surface area (Å²) >= 11 is 5.85. The predicted molar refractivity (Wildman–Crippen MR) is 81.7 cm³/mol. The van der Waals surface area contributed by atoms with Crippen LogP contribution in [-0.2, 0) is 4.79 Å². The van der Waals surface area contributed by atoms with Crippen molar-refractivity contribution >= 4 is 23.7 Å². The van der Waals surface area contributed by atoms with Gasteiger partial charge in [-0.2, -0.15) is 5.10 Å². The minimum atomic E-state index is -0.343. The van der Waals surface area contributed by atoms with Gasteiger partial charge >= 0.3 is 0 Å². The molecule has 0 atom stereocenters. The number of halogens is 1. The lowest BCUT2D eigenvalue weighted by molar-refractivity contribution is -0.123. The van der Waals surface area contributed by atoms with E-state index < -0.39 is 0 Å². The number of carbonyl (C=O) groups excluding carboxylic acids is 1. The molecule has 0 fully saturated rings. The predicted octanol–water partition coefficient (Wildman–Crippen LogP) is 2.57. The molecule has 2 aromatic rings. The molecule has 0 unspecified atom stereocenters. The van der Waals surface area contributed by atoms with Gasteiger partial charge in [-0.25, -0.2) is 5.43 Å². The first-order valence-corrected chi connectivity index (χ1v) is 6.64. The van der Waals surface area contributed by atoms with Crippen LogP contribution >= 0.6 is 11.6 Å². The van der Waals surface area contributed by atoms with Crippen LogP contribution in [0.4, 0.5) is 0 Å². The lowest BCUT2D eigenvalue weighted by Gasteiger charge is -2.08. The zero-order valence-electron chi connectivity index (χ0n) is 11.4. The van der Waals surface area contributed by atoms with Gasteiger partial charge in [-0.15, -0.1) is 0 Å². The van der Waals surface area contributed by atoms with Gasteiger partial charge in [-0.05, 0) is 36.8 Å². The summed E-state index contributed by atoms with van der Waals surface area (Å²) in [5.41, 5.74) is 4.05. The van der Waals surface area contributed by atoms with Gasteiger partial charge in [0.2, 0.25) is 0 Å². The Balaban J connectivity index is 1.81. The largest absolute Gasteiger partial charge is 0.483 e. The van der Waals surface area contributed by atoms with Crippen LogP contribution in [0.5, 0.6) is 5.75 Å². The number of carbonyl (C=O) groups is 1. The standard InChI is InChI=1S/C15H14ClN3O2/c1-11-7-13(16)4-5-14(11)21-10-15(20)19-18-9-12-3-2-6-17-8-12/h2-9H,10H2,1H3,(H,19,20)/b18-9+. The van der Waals surface area contributed by atoms with E-state index >= 15 is 0 Å². The van der Waals surface area contributed by atoms with Crippen molar-refractivity contribution in [2.75, 3.05) is 6.61 Å². The Morgan fingerprint density at radius 1 is 1.48 bits per heavy atom. The summed E-state index contributed by atoms with van der Waals surface area (Å²) in [5, 5.41) is 4.45. The normalized spacial score (nSPS) is 10.6. The Kier molecular flexibility index (Phi) is 5.29. The first kappa shape index (κ1) is 15.0. The molecule has 0 saturated heterocycles. The van der Waals surface area contributed by atoms with Gasteiger partial charge in [0.1, 0.15) is 5.75 Å². The van der Waals surface area contributed by atoms with E-state index in [0.29, 0.717) is 10.8 Å². The highest BCUT2D eigenvalue weighted by Crippen LogP contribution is 2.21. The smallest absolute Gasteiger partial charge is 0.277 e. The Bertz CT molecular complexity index is 645. The summed E-state index contributed by atoms with van der Waals surface area (Å²) in [6, 6.07) is 8.83. The molecule has 108 valence electrons. The Hall–Kier alpha value is -2.40. The summed E-state index contributed by atoms with van der Waals surface area (Å²) in [6.45, 7) is 1.74. The van der Waals surface area contributed by atoms with E-state index in [1.54, 1.807) is 36.7 Å². The molecule has 0 aliphatic carbocycles. The van der Waals surface area contributed by atoms with Crippen LogP contribution < -0.4 is 10.2 Å². The third kappa shape index (κ3) is 4.89. The van der Waals surface area contributed by atoms with Crippen LogP contribution in [0, 0.1) is 6.92 Å². The molecule has 1 aromatic carbocycles. The lowest BCUT2D eigenvalue weighted by atomic mass is 10.2. The zero-order chi connectivity index (χ0) is 15.1. The number of benzene rings is 1. The van der Waals surface area contributed by atoms with E-state index in [4.69, 9.17) is 16.3 Å². The van der Waals surface area contributed by atoms with Crippen molar-refractivity contribution < 1.29 is 9.53 Å². The maximum absolute atomic E-state index is 11.6. The molecule has 0 spiro atoms. The molecule has 1 heterocycles. The molecular weight excluding hydrogens is 290 g/mol. The first-order valence-electron chi connectivity index (χ1n) is 6.26. The molecule has 2 rings (SSSR count). The highest BCUT2D eigenvalue weighted by Gasteiger charge is 2.04. The average Bonchev–Trinajstić information content (AvgIpc) is 2.47. The summed E-state index contributed by atoms with van der Waals surface area (Å²) in [7, 11) is 0. The van der Waals surface area contributed by atoms with Crippen LogP contribution in [-0.4, -0.2) is 23.7 Å². The minimum Gasteiger partial charge on any atom is -0.483 e. The molecular formula is C15H14ClN3O2. The van der Waals surface area contributed by atoms with Gasteiger partial charge in [0.15, 0.2) is 6.61 Å². The third-order valence-electron chi connectivity index (χ3n) is 2.58. The van der Waals surface area contributed by atoms with Gasteiger partial charge in [-0.1, -0.05) is 17.7 Å². The average molecular weight is 304 g/mol. The molecule has 0 aliphatic rings. The van der Waals surface area contributed by atoms with E-state index in [2.05, 4.69) is 15.5 Å². The van der Waals surface area contributed by atoms with Crippen molar-refractivity contribution in [3.8, 4) is 5.75 Å². The minimum absolute atomic E-state index is 0.118. The van der Waals surface area contributed by atoms with E-state index in [0.717, 1.165) is 11.1 Å². The van der Waals surface area contributed by atoms with Gasteiger partial charge < -0.3 is 4.74 Å². The van der Waals surface area contributed by atoms with Crippen molar-refractivity contribution in [1.29, 1.82) is 0 Å². The summed E-state index contributed by atoms with van der Waals surface area (Å²) < 4.78 is 5.40. The number of nitrogens with zero attached hydrogens (tertiary/aromatic N) is 2. The van der Waals surface area contributed by atoms with Crippen molar-refractivity contribution in [3.63, 3.8) is 0 Å². The number of aryl methyl sites for hydroxylation is 1. The summed E-state index contributed by atoms with van der Waals surface area (Å²) in [4.78, 5) is 15.5. The number of hydrogen-bond acceptors (Lipinski definition) is 4. The Morgan fingerprint density at radius 2 is 2.33 bits per heavy atom. The van der Waals surface area contributed by atoms with Gasteiger partial charge in [-0.3, -0.25) is 9.78 Å². The SMILES string of the molecule is Cc1cc(Cl)ccc1OCC(=O)N/N=C/c1cccnc1. The van der Waals surface area contributed by atoms with E-state index in [1.807, 2.05) is 13.0 Å². The molecule has 5 nitrogen and oxygen atoms in total. The van der Waals surface area contributed by atoms with Crippen molar-refractivity contribution in [2.24, 2.45) is 5.10 Å². The fourth-order valence-electron chi connectivity index (χ4n) is 1.58. The molecule has 0 aliphatic heterocycles. The monoisotopic (exact) mass is 303 g/mol. The number of pyridine rings is 1. The Morgan fingerprint density at radius 3 is 3.05 bits per heavy atom. The number of aromatic nitrogens is 1. The molecule has 6 heteroatoms. The van der Waals surface area contributed by atoms with Crippen LogP contribution in [0.1, 0.15) is 11.1 Å². The van der Waals surface area contributed by atoms with Gasteiger partial charge in [0.25, 0.3) is 5.91 Å². The highest BCUT2D eigenvalue weighted by molar-refractivity contribution is 6.30. The van der Waals surface area contributed by atoms with E-state index in [9.17, 15) is 4.79 Å². The second-order valence-corrected chi connectivity index (χ2v) is 4.71. The fraction of sp³-hybridized carbons (Fsp3) is 0.133. The molecule has 0 radical (unpaired) electrons. The number of rotatable bonds is 5. The van der Waals surface area contributed by atoms with Crippen molar-refractivity contribution in [2.45, 2.75) is 6.92 Å². The molecule has 1 N–H and O–H groups in total. The second kappa shape index (κ2) is 7.40. The van der Waals surface area contributed by atoms with E-state index in [-0.39, 0.29) is 12.5 Å². The first-order chi connectivity index (χ1) is 10.1. The third-order valence-corrected chi connectivity index (χ3v) is 2.82. The summed E-state index contributed by atoms with van der Waals surface area (Å²) in [5.74, 6) is 0.273. The number of ether oxygens (including phenoxy) is 1. The van der Waals surface area contributed by atoms with Crippen molar-refractivity contribution in [1.82, 2.24) is 10.4 Å². The van der Waals surface area contributed by atoms with Gasteiger partial charge in [0, 0.05) is 23.0 Å². The summed E-state index contributed by atoms with van der Waals surface area (Å²) in [6.07, 6.45) is 4.82. The number of hydrazone groups is 1. The number of hydrogen-bond donors (Lipinski definition) is 1. The maximum Gasteiger partial charge on any atom is 0.277 e. The topological polar surface area (TPSA) is 63.6 Å².